The molecule has 5 fully saturated rings. The smallest absolute Gasteiger partial charge is 0.221 e. The van der Waals surface area contributed by atoms with Gasteiger partial charge in [-0.05, 0) is 69.1 Å². The molecule has 124 valence electrons. The predicted molar refractivity (Wildman–Crippen MR) is 83.6 cm³/mol. The summed E-state index contributed by atoms with van der Waals surface area (Å²) in [5.74, 6) is 1.80. The van der Waals surface area contributed by atoms with Crippen LogP contribution in [0.5, 0.6) is 0 Å². The van der Waals surface area contributed by atoms with E-state index in [2.05, 4.69) is 10.0 Å². The van der Waals surface area contributed by atoms with Crippen LogP contribution in [0.3, 0.4) is 0 Å². The quantitative estimate of drug-likeness (QED) is 0.826. The van der Waals surface area contributed by atoms with Gasteiger partial charge < -0.3 is 5.32 Å². The van der Waals surface area contributed by atoms with Crippen molar-refractivity contribution in [3.05, 3.63) is 0 Å². The first-order valence-electron chi connectivity index (χ1n) is 8.74. The van der Waals surface area contributed by atoms with E-state index < -0.39 is 14.8 Å². The molecule has 0 aromatic carbocycles. The van der Waals surface area contributed by atoms with Crippen LogP contribution in [-0.2, 0) is 14.8 Å². The highest BCUT2D eigenvalue weighted by Gasteiger charge is 2.57. The normalized spacial score (nSPS) is 44.6. The van der Waals surface area contributed by atoms with E-state index in [0.717, 1.165) is 32.1 Å². The molecule has 4 saturated carbocycles. The van der Waals surface area contributed by atoms with Gasteiger partial charge in [0.1, 0.15) is 0 Å². The molecule has 5 nitrogen and oxygen atoms in total. The molecule has 0 unspecified atom stereocenters. The summed E-state index contributed by atoms with van der Waals surface area (Å²) in [7, 11) is -3.35. The number of nitrogens with one attached hydrogen (secondary N) is 2. The first-order valence-corrected chi connectivity index (χ1v) is 10.2. The van der Waals surface area contributed by atoms with Crippen LogP contribution in [-0.4, -0.2) is 31.7 Å². The zero-order chi connectivity index (χ0) is 15.4. The maximum Gasteiger partial charge on any atom is 0.221 e. The number of hydrogen-bond donors (Lipinski definition) is 2. The van der Waals surface area contributed by atoms with Crippen molar-refractivity contribution in [3.8, 4) is 0 Å². The molecular weight excluding hydrogens is 300 g/mol. The van der Waals surface area contributed by atoms with Crippen molar-refractivity contribution in [1.29, 1.82) is 0 Å². The third kappa shape index (κ3) is 2.48. The summed E-state index contributed by atoms with van der Waals surface area (Å²) in [5, 5.41) is 2.82. The van der Waals surface area contributed by atoms with Crippen LogP contribution in [0.15, 0.2) is 0 Å². The van der Waals surface area contributed by atoms with E-state index in [1.54, 1.807) is 0 Å². The molecule has 1 amide bonds. The summed E-state index contributed by atoms with van der Waals surface area (Å²) < 4.78 is 28.7. The van der Waals surface area contributed by atoms with Crippen molar-refractivity contribution < 1.29 is 13.2 Å². The number of hydrogen-bond acceptors (Lipinski definition) is 3. The Labute approximate surface area is 132 Å². The molecule has 4 aliphatic carbocycles. The Hall–Kier alpha value is -0.620. The second-order valence-electron chi connectivity index (χ2n) is 8.12. The molecule has 4 bridgehead atoms. The number of sulfonamides is 1. The molecule has 22 heavy (non-hydrogen) atoms. The summed E-state index contributed by atoms with van der Waals surface area (Å²) in [6, 6.07) is -0.222. The Morgan fingerprint density at radius 3 is 2.23 bits per heavy atom. The van der Waals surface area contributed by atoms with Gasteiger partial charge in [0.25, 0.3) is 0 Å². The Bertz CT molecular complexity index is 537. The van der Waals surface area contributed by atoms with Crippen molar-refractivity contribution in [1.82, 2.24) is 10.0 Å². The summed E-state index contributed by atoms with van der Waals surface area (Å²) in [5.41, 5.74) is 0. The van der Waals surface area contributed by atoms with Gasteiger partial charge in [-0.1, -0.05) is 0 Å². The van der Waals surface area contributed by atoms with E-state index in [1.165, 1.54) is 19.3 Å². The highest BCUT2D eigenvalue weighted by atomic mass is 32.2. The lowest BCUT2D eigenvalue weighted by atomic mass is 9.56. The average molecular weight is 326 g/mol. The largest absolute Gasteiger partial charge is 0.356 e. The fourth-order valence-electron chi connectivity index (χ4n) is 5.78. The van der Waals surface area contributed by atoms with Crippen LogP contribution in [0.1, 0.15) is 57.8 Å². The molecule has 1 atom stereocenters. The highest BCUT2D eigenvalue weighted by Crippen LogP contribution is 2.58. The zero-order valence-corrected chi connectivity index (χ0v) is 13.8. The Morgan fingerprint density at radius 1 is 1.05 bits per heavy atom. The summed E-state index contributed by atoms with van der Waals surface area (Å²) in [6.45, 7) is 0.661. The second-order valence-corrected chi connectivity index (χ2v) is 10.2. The fourth-order valence-corrected chi connectivity index (χ4v) is 8.03. The lowest BCUT2D eigenvalue weighted by Crippen LogP contribution is -2.59. The lowest BCUT2D eigenvalue weighted by Gasteiger charge is -2.55. The Balaban J connectivity index is 1.54. The van der Waals surface area contributed by atoms with Crippen molar-refractivity contribution in [2.45, 2.75) is 68.6 Å². The first-order chi connectivity index (χ1) is 10.5. The van der Waals surface area contributed by atoms with Gasteiger partial charge in [0.2, 0.25) is 15.9 Å². The van der Waals surface area contributed by atoms with Crippen LogP contribution in [0.25, 0.3) is 0 Å². The lowest BCUT2D eigenvalue weighted by molar-refractivity contribution is -0.121. The summed E-state index contributed by atoms with van der Waals surface area (Å²) in [6.07, 6.45) is 8.12. The zero-order valence-electron chi connectivity index (χ0n) is 13.0. The van der Waals surface area contributed by atoms with Gasteiger partial charge >= 0.3 is 0 Å². The molecule has 1 heterocycles. The minimum atomic E-state index is -3.35. The molecule has 2 N–H and O–H groups in total. The molecule has 0 spiro atoms. The minimum absolute atomic E-state index is 0.0317. The van der Waals surface area contributed by atoms with Crippen molar-refractivity contribution in [2.75, 3.05) is 6.54 Å². The second kappa shape index (κ2) is 5.20. The summed E-state index contributed by atoms with van der Waals surface area (Å²) >= 11 is 0. The maximum atomic E-state index is 13.1. The molecule has 0 aromatic heterocycles. The molecule has 0 aromatic rings. The van der Waals surface area contributed by atoms with E-state index in [-0.39, 0.29) is 18.4 Å². The number of carbonyl (C=O) groups is 1. The van der Waals surface area contributed by atoms with Crippen molar-refractivity contribution in [3.63, 3.8) is 0 Å². The molecule has 5 rings (SSSR count). The van der Waals surface area contributed by atoms with Crippen LogP contribution in [0, 0.1) is 17.8 Å². The van der Waals surface area contributed by atoms with Gasteiger partial charge in [-0.2, -0.15) is 0 Å². The van der Waals surface area contributed by atoms with Gasteiger partial charge in [-0.25, -0.2) is 13.1 Å². The van der Waals surface area contributed by atoms with E-state index in [4.69, 9.17) is 0 Å². The standard InChI is InChI=1S/C16H26N2O3S/c19-15-7-14(2-1-3-17-15)18-22(20,21)16-8-11-4-12(9-16)6-13(5-11)10-16/h11-14,18H,1-10H2,(H,17,19)/t11?,12?,13?,14-,16?/m0/s1. The van der Waals surface area contributed by atoms with Gasteiger partial charge in [-0.15, -0.1) is 0 Å². The molecule has 1 saturated heterocycles. The average Bonchev–Trinajstić information content (AvgIpc) is 2.60. The molecule has 5 aliphatic rings. The maximum absolute atomic E-state index is 13.1. The third-order valence-electron chi connectivity index (χ3n) is 6.36. The van der Waals surface area contributed by atoms with Crippen molar-refractivity contribution in [2.24, 2.45) is 17.8 Å². The number of carbonyl (C=O) groups excluding carboxylic acids is 1. The van der Waals surface area contributed by atoms with E-state index in [0.29, 0.717) is 24.3 Å². The van der Waals surface area contributed by atoms with Crippen LogP contribution >= 0.6 is 0 Å². The highest BCUT2D eigenvalue weighted by molar-refractivity contribution is 7.90. The van der Waals surface area contributed by atoms with Crippen LogP contribution < -0.4 is 10.0 Å². The van der Waals surface area contributed by atoms with E-state index >= 15 is 0 Å². The third-order valence-corrected chi connectivity index (χ3v) is 8.64. The SMILES string of the molecule is O=C1C[C@@H](NS(=O)(=O)C23CC4CC(CC(C4)C2)C3)CCCN1. The topological polar surface area (TPSA) is 75.3 Å². The van der Waals surface area contributed by atoms with Gasteiger partial charge in [0.15, 0.2) is 0 Å². The van der Waals surface area contributed by atoms with Gasteiger partial charge in [0.05, 0.1) is 4.75 Å². The van der Waals surface area contributed by atoms with E-state index in [1.807, 2.05) is 0 Å². The molecular formula is C16H26N2O3S. The fraction of sp³-hybridized carbons (Fsp3) is 0.938. The van der Waals surface area contributed by atoms with Crippen LogP contribution in [0.4, 0.5) is 0 Å². The Kier molecular flexibility index (Phi) is 3.53. The van der Waals surface area contributed by atoms with Gasteiger partial charge in [-0.3, -0.25) is 4.79 Å². The molecule has 1 aliphatic heterocycles. The first kappa shape index (κ1) is 14.9. The monoisotopic (exact) mass is 326 g/mol. The Morgan fingerprint density at radius 2 is 1.64 bits per heavy atom. The number of rotatable bonds is 3. The summed E-state index contributed by atoms with van der Waals surface area (Å²) in [4.78, 5) is 11.7. The van der Waals surface area contributed by atoms with Gasteiger partial charge in [0, 0.05) is 19.0 Å². The molecule has 6 heteroatoms. The van der Waals surface area contributed by atoms with Crippen molar-refractivity contribution >= 4 is 15.9 Å². The molecule has 0 radical (unpaired) electrons. The minimum Gasteiger partial charge on any atom is -0.356 e. The van der Waals surface area contributed by atoms with Crippen LogP contribution in [0.2, 0.25) is 0 Å². The van der Waals surface area contributed by atoms with E-state index in [9.17, 15) is 13.2 Å². The number of amides is 1. The predicted octanol–water partition coefficient (Wildman–Crippen LogP) is 1.54.